The lowest BCUT2D eigenvalue weighted by Gasteiger charge is -2.26. The number of aryl methyl sites for hydroxylation is 2. The number of para-hydroxylation sites is 1. The summed E-state index contributed by atoms with van der Waals surface area (Å²) in [5.74, 6) is 0. The van der Waals surface area contributed by atoms with Crippen LogP contribution in [0.5, 0.6) is 0 Å². The topological polar surface area (TPSA) is 61.8 Å². The highest BCUT2D eigenvalue weighted by Gasteiger charge is 2.16. The number of imidazole rings is 1. The Balaban J connectivity index is 1.37. The highest BCUT2D eigenvalue weighted by Crippen LogP contribution is 2.24. The van der Waals surface area contributed by atoms with E-state index in [2.05, 4.69) is 67.9 Å². The molecule has 0 radical (unpaired) electrons. The molecule has 0 bridgehead atoms. The minimum atomic E-state index is 0.640. The van der Waals surface area contributed by atoms with Gasteiger partial charge in [-0.05, 0) is 66.2 Å². The molecule has 2 heterocycles. The van der Waals surface area contributed by atoms with E-state index in [0.717, 1.165) is 28.9 Å². The number of hydrogen-bond acceptors (Lipinski definition) is 3. The number of anilines is 1. The van der Waals surface area contributed by atoms with Crippen molar-refractivity contribution in [2.75, 3.05) is 11.9 Å². The summed E-state index contributed by atoms with van der Waals surface area (Å²) in [7, 11) is 2.07. The van der Waals surface area contributed by atoms with Crippen LogP contribution in [0.1, 0.15) is 27.9 Å². The molecular formula is C31H29ClN6S. The number of rotatable bonds is 8. The van der Waals surface area contributed by atoms with E-state index in [1.807, 2.05) is 61.9 Å². The predicted octanol–water partition coefficient (Wildman–Crippen LogP) is 6.70. The lowest BCUT2D eigenvalue weighted by atomic mass is 10.1. The molecule has 6 nitrogen and oxygen atoms in total. The van der Waals surface area contributed by atoms with Crippen LogP contribution in [-0.4, -0.2) is 30.7 Å². The third-order valence-corrected chi connectivity index (χ3v) is 7.69. The molecule has 5 aromatic rings. The average Bonchev–Trinajstić information content (AvgIpc) is 3.52. The standard InChI is InChI=1S/C31H29ClN6S/c1-22-7-12-26(15-29(22)32)35-31(39)37(20-25-19-36(2)30-6-4-3-5-28(25)30)14-13-27-17-34-21-38(27)18-24-10-8-23(16-33)9-11-24/h3-12,15,17,19,21H,13-14,18,20H2,1-2H3,(H,35,39). The molecule has 0 aliphatic heterocycles. The fraction of sp³-hybridized carbons (Fsp3) is 0.194. The number of aromatic nitrogens is 3. The van der Waals surface area contributed by atoms with Gasteiger partial charge in [-0.1, -0.05) is 48.0 Å². The summed E-state index contributed by atoms with van der Waals surface area (Å²) in [4.78, 5) is 6.61. The lowest BCUT2D eigenvalue weighted by molar-refractivity contribution is 0.419. The number of halogens is 1. The molecule has 0 saturated heterocycles. The van der Waals surface area contributed by atoms with Crippen LogP contribution in [-0.2, 0) is 26.6 Å². The van der Waals surface area contributed by atoms with Crippen molar-refractivity contribution in [3.8, 4) is 6.07 Å². The second kappa shape index (κ2) is 11.7. The maximum atomic E-state index is 9.09. The van der Waals surface area contributed by atoms with Gasteiger partial charge in [-0.3, -0.25) is 0 Å². The fourth-order valence-electron chi connectivity index (χ4n) is 4.71. The number of nitriles is 1. The van der Waals surface area contributed by atoms with Crippen molar-refractivity contribution in [3.63, 3.8) is 0 Å². The van der Waals surface area contributed by atoms with Crippen molar-refractivity contribution >= 4 is 45.5 Å². The molecule has 0 fully saturated rings. The van der Waals surface area contributed by atoms with Gasteiger partial charge in [0.2, 0.25) is 0 Å². The van der Waals surface area contributed by atoms with Crippen molar-refractivity contribution in [1.82, 2.24) is 19.0 Å². The van der Waals surface area contributed by atoms with Crippen LogP contribution < -0.4 is 5.32 Å². The molecule has 0 saturated carbocycles. The molecule has 0 aliphatic carbocycles. The quantitative estimate of drug-likeness (QED) is 0.217. The fourth-order valence-corrected chi connectivity index (χ4v) is 5.17. The van der Waals surface area contributed by atoms with E-state index in [-0.39, 0.29) is 0 Å². The molecule has 0 unspecified atom stereocenters. The number of thiocarbonyl (C=S) groups is 1. The number of nitrogens with one attached hydrogen (secondary N) is 1. The molecule has 0 aliphatic rings. The van der Waals surface area contributed by atoms with Gasteiger partial charge in [-0.15, -0.1) is 0 Å². The molecule has 0 spiro atoms. The van der Waals surface area contributed by atoms with Crippen molar-refractivity contribution in [2.24, 2.45) is 7.05 Å². The first kappa shape index (κ1) is 26.5. The van der Waals surface area contributed by atoms with Crippen LogP contribution in [0, 0.1) is 18.3 Å². The Kier molecular flexibility index (Phi) is 7.97. The molecule has 2 aromatic heterocycles. The Morgan fingerprint density at radius 3 is 2.69 bits per heavy atom. The van der Waals surface area contributed by atoms with E-state index in [4.69, 9.17) is 29.1 Å². The first-order chi connectivity index (χ1) is 18.9. The smallest absolute Gasteiger partial charge is 0.173 e. The van der Waals surface area contributed by atoms with Gasteiger partial charge in [0.05, 0.1) is 18.0 Å². The summed E-state index contributed by atoms with van der Waals surface area (Å²) in [6.07, 6.45) is 6.71. The number of nitrogens with zero attached hydrogens (tertiary/aromatic N) is 5. The number of benzene rings is 3. The van der Waals surface area contributed by atoms with E-state index < -0.39 is 0 Å². The third kappa shape index (κ3) is 6.14. The predicted molar refractivity (Wildman–Crippen MR) is 162 cm³/mol. The normalized spacial score (nSPS) is 10.9. The lowest BCUT2D eigenvalue weighted by Crippen LogP contribution is -2.36. The monoisotopic (exact) mass is 552 g/mol. The van der Waals surface area contributed by atoms with Crippen LogP contribution in [0.2, 0.25) is 5.02 Å². The minimum absolute atomic E-state index is 0.640. The van der Waals surface area contributed by atoms with E-state index >= 15 is 0 Å². The zero-order valence-electron chi connectivity index (χ0n) is 21.9. The third-order valence-electron chi connectivity index (χ3n) is 6.92. The molecule has 1 N–H and O–H groups in total. The van der Waals surface area contributed by atoms with Gasteiger partial charge in [-0.2, -0.15) is 5.26 Å². The molecular weight excluding hydrogens is 524 g/mol. The van der Waals surface area contributed by atoms with Crippen LogP contribution in [0.15, 0.2) is 85.5 Å². The van der Waals surface area contributed by atoms with E-state index in [9.17, 15) is 0 Å². The molecule has 0 amide bonds. The summed E-state index contributed by atoms with van der Waals surface area (Å²) in [6.45, 7) is 4.04. The minimum Gasteiger partial charge on any atom is -0.350 e. The van der Waals surface area contributed by atoms with E-state index in [1.165, 1.54) is 16.5 Å². The van der Waals surface area contributed by atoms with Crippen LogP contribution in [0.3, 0.4) is 0 Å². The molecule has 5 rings (SSSR count). The molecule has 39 heavy (non-hydrogen) atoms. The Labute approximate surface area is 239 Å². The maximum Gasteiger partial charge on any atom is 0.173 e. The van der Waals surface area contributed by atoms with Crippen LogP contribution in [0.25, 0.3) is 10.9 Å². The second-order valence-corrected chi connectivity index (χ2v) is 10.5. The van der Waals surface area contributed by atoms with E-state index in [1.54, 1.807) is 0 Å². The van der Waals surface area contributed by atoms with Crippen molar-refractivity contribution < 1.29 is 0 Å². The highest BCUT2D eigenvalue weighted by molar-refractivity contribution is 7.80. The van der Waals surface area contributed by atoms with E-state index in [0.29, 0.717) is 35.3 Å². The summed E-state index contributed by atoms with van der Waals surface area (Å²) in [5, 5.41) is 15.0. The van der Waals surface area contributed by atoms with Gasteiger partial charge >= 0.3 is 0 Å². The summed E-state index contributed by atoms with van der Waals surface area (Å²) >= 11 is 12.3. The number of fused-ring (bicyclic) bond motifs is 1. The van der Waals surface area contributed by atoms with Gasteiger partial charge in [0.15, 0.2) is 5.11 Å². The first-order valence-electron chi connectivity index (χ1n) is 12.7. The summed E-state index contributed by atoms with van der Waals surface area (Å²) in [6, 6.07) is 24.2. The van der Waals surface area contributed by atoms with Crippen LogP contribution >= 0.6 is 23.8 Å². The van der Waals surface area contributed by atoms with Crippen LogP contribution in [0.4, 0.5) is 5.69 Å². The SMILES string of the molecule is Cc1ccc(NC(=S)N(CCc2cncn2Cc2ccc(C#N)cc2)Cc2cn(C)c3ccccc23)cc1Cl. The average molecular weight is 553 g/mol. The Bertz CT molecular complexity index is 1660. The van der Waals surface area contributed by atoms with Gasteiger partial charge < -0.3 is 19.4 Å². The second-order valence-electron chi connectivity index (χ2n) is 9.67. The summed E-state index contributed by atoms with van der Waals surface area (Å²) < 4.78 is 4.30. The molecule has 8 heteroatoms. The van der Waals surface area contributed by atoms with Gasteiger partial charge in [0.25, 0.3) is 0 Å². The van der Waals surface area contributed by atoms with Crippen molar-refractivity contribution in [1.29, 1.82) is 5.26 Å². The Hall–Kier alpha value is -4.12. The van der Waals surface area contributed by atoms with Gasteiger partial charge in [0.1, 0.15) is 0 Å². The highest BCUT2D eigenvalue weighted by atomic mass is 35.5. The van der Waals surface area contributed by atoms with Gasteiger partial charge in [-0.25, -0.2) is 4.98 Å². The zero-order valence-corrected chi connectivity index (χ0v) is 23.5. The molecule has 196 valence electrons. The Morgan fingerprint density at radius 1 is 1.13 bits per heavy atom. The maximum absolute atomic E-state index is 9.09. The van der Waals surface area contributed by atoms with Gasteiger partial charge in [0, 0.05) is 72.8 Å². The first-order valence-corrected chi connectivity index (χ1v) is 13.5. The zero-order chi connectivity index (χ0) is 27.4. The number of hydrogen-bond donors (Lipinski definition) is 1. The van der Waals surface area contributed by atoms with Crippen molar-refractivity contribution in [3.05, 3.63) is 118 Å². The largest absolute Gasteiger partial charge is 0.350 e. The molecule has 0 atom stereocenters. The van der Waals surface area contributed by atoms with Crippen molar-refractivity contribution in [2.45, 2.75) is 26.4 Å². The summed E-state index contributed by atoms with van der Waals surface area (Å²) in [5.41, 5.74) is 7.19. The molecule has 3 aromatic carbocycles. The Morgan fingerprint density at radius 2 is 1.92 bits per heavy atom.